The first kappa shape index (κ1) is 18.7. The number of hydrogen-bond donors (Lipinski definition) is 0. The minimum atomic E-state index is -0.381. The van der Waals surface area contributed by atoms with Gasteiger partial charge in [0.05, 0.1) is 0 Å². The number of piperazine rings is 1. The van der Waals surface area contributed by atoms with E-state index >= 15 is 0 Å². The Morgan fingerprint density at radius 3 is 2.19 bits per heavy atom. The molecule has 2 amide bonds. The lowest BCUT2D eigenvalue weighted by atomic mass is 10.2. The first-order chi connectivity index (χ1) is 13.1. The minimum Gasteiger partial charge on any atom is -0.484 e. The van der Waals surface area contributed by atoms with Crippen LogP contribution in [0.4, 0.5) is 9.18 Å². The number of ether oxygens (including phenoxy) is 2. The summed E-state index contributed by atoms with van der Waals surface area (Å²) < 4.78 is 23.5. The highest BCUT2D eigenvalue weighted by Gasteiger charge is 2.25. The van der Waals surface area contributed by atoms with Crippen molar-refractivity contribution in [2.45, 2.75) is 6.61 Å². The number of rotatable bonds is 5. The van der Waals surface area contributed by atoms with Gasteiger partial charge in [-0.1, -0.05) is 30.3 Å². The summed E-state index contributed by atoms with van der Waals surface area (Å²) in [4.78, 5) is 27.6. The van der Waals surface area contributed by atoms with Crippen molar-refractivity contribution in [3.8, 4) is 5.75 Å². The van der Waals surface area contributed by atoms with Crippen LogP contribution in [0.25, 0.3) is 0 Å². The summed E-state index contributed by atoms with van der Waals surface area (Å²) in [7, 11) is 0. The maximum Gasteiger partial charge on any atom is 0.410 e. The molecule has 1 aliphatic rings. The summed E-state index contributed by atoms with van der Waals surface area (Å²) in [5.41, 5.74) is 0.928. The first-order valence-corrected chi connectivity index (χ1v) is 8.73. The van der Waals surface area contributed by atoms with E-state index in [2.05, 4.69) is 0 Å². The molecule has 142 valence electrons. The lowest BCUT2D eigenvalue weighted by Crippen LogP contribution is -2.51. The summed E-state index contributed by atoms with van der Waals surface area (Å²) in [6, 6.07) is 15.0. The molecular formula is C20H21FN2O4. The van der Waals surface area contributed by atoms with Crippen LogP contribution in [-0.4, -0.2) is 54.6 Å². The van der Waals surface area contributed by atoms with Gasteiger partial charge < -0.3 is 19.3 Å². The van der Waals surface area contributed by atoms with Gasteiger partial charge in [-0.3, -0.25) is 4.79 Å². The SMILES string of the molecule is O=C(COc1ccc(F)cc1)N1CCN(C(=O)OCc2ccccc2)CC1. The summed E-state index contributed by atoms with van der Waals surface area (Å²) >= 11 is 0. The van der Waals surface area contributed by atoms with E-state index in [9.17, 15) is 14.0 Å². The van der Waals surface area contributed by atoms with Crippen LogP contribution in [0.3, 0.4) is 0 Å². The van der Waals surface area contributed by atoms with E-state index in [-0.39, 0.29) is 31.0 Å². The van der Waals surface area contributed by atoms with Crippen LogP contribution in [0, 0.1) is 5.82 Å². The predicted molar refractivity (Wildman–Crippen MR) is 96.7 cm³/mol. The normalized spacial score (nSPS) is 14.0. The van der Waals surface area contributed by atoms with Gasteiger partial charge in [0.25, 0.3) is 5.91 Å². The Bertz CT molecular complexity index is 759. The zero-order valence-electron chi connectivity index (χ0n) is 14.8. The molecule has 27 heavy (non-hydrogen) atoms. The van der Waals surface area contributed by atoms with Crippen LogP contribution < -0.4 is 4.74 Å². The van der Waals surface area contributed by atoms with E-state index < -0.39 is 0 Å². The van der Waals surface area contributed by atoms with E-state index in [0.29, 0.717) is 31.9 Å². The number of nitrogens with zero attached hydrogens (tertiary/aromatic N) is 2. The van der Waals surface area contributed by atoms with Gasteiger partial charge in [-0.15, -0.1) is 0 Å². The third-order valence-electron chi connectivity index (χ3n) is 4.27. The standard InChI is InChI=1S/C20H21FN2O4/c21-17-6-8-18(9-7-17)26-15-19(24)22-10-12-23(13-11-22)20(25)27-14-16-4-2-1-3-5-16/h1-9H,10-15H2. The molecule has 0 atom stereocenters. The van der Waals surface area contributed by atoms with Crippen LogP contribution >= 0.6 is 0 Å². The highest BCUT2D eigenvalue weighted by atomic mass is 19.1. The van der Waals surface area contributed by atoms with Gasteiger partial charge in [0.1, 0.15) is 18.2 Å². The molecule has 0 spiro atoms. The number of halogens is 1. The number of amides is 2. The fraction of sp³-hybridized carbons (Fsp3) is 0.300. The topological polar surface area (TPSA) is 59.1 Å². The second-order valence-electron chi connectivity index (χ2n) is 6.15. The van der Waals surface area contributed by atoms with E-state index in [4.69, 9.17) is 9.47 Å². The zero-order chi connectivity index (χ0) is 19.1. The minimum absolute atomic E-state index is 0.121. The van der Waals surface area contributed by atoms with Crippen LogP contribution in [0.1, 0.15) is 5.56 Å². The van der Waals surface area contributed by atoms with Crippen molar-refractivity contribution >= 4 is 12.0 Å². The monoisotopic (exact) mass is 372 g/mol. The van der Waals surface area contributed by atoms with Gasteiger partial charge in [0, 0.05) is 26.2 Å². The Hall–Kier alpha value is -3.09. The highest BCUT2D eigenvalue weighted by molar-refractivity contribution is 5.78. The average Bonchev–Trinajstić information content (AvgIpc) is 2.72. The molecule has 7 heteroatoms. The number of hydrogen-bond acceptors (Lipinski definition) is 4. The third kappa shape index (κ3) is 5.44. The lowest BCUT2D eigenvalue weighted by molar-refractivity contribution is -0.135. The van der Waals surface area contributed by atoms with Crippen LogP contribution in [0.5, 0.6) is 5.75 Å². The molecule has 0 aliphatic carbocycles. The van der Waals surface area contributed by atoms with Gasteiger partial charge in [-0.25, -0.2) is 9.18 Å². The maximum absolute atomic E-state index is 12.9. The molecule has 1 fully saturated rings. The van der Waals surface area contributed by atoms with Gasteiger partial charge in [0.2, 0.25) is 0 Å². The molecule has 3 rings (SSSR count). The van der Waals surface area contributed by atoms with Crippen molar-refractivity contribution in [2.75, 3.05) is 32.8 Å². The van der Waals surface area contributed by atoms with Crippen LogP contribution in [0.2, 0.25) is 0 Å². The number of carbonyl (C=O) groups is 2. The third-order valence-corrected chi connectivity index (χ3v) is 4.27. The quantitative estimate of drug-likeness (QED) is 0.810. The van der Waals surface area contributed by atoms with Gasteiger partial charge >= 0.3 is 6.09 Å². The van der Waals surface area contributed by atoms with Crippen molar-refractivity contribution in [2.24, 2.45) is 0 Å². The molecule has 0 saturated carbocycles. The van der Waals surface area contributed by atoms with E-state index in [1.165, 1.54) is 24.3 Å². The Labute approximate surface area is 157 Å². The molecule has 0 N–H and O–H groups in total. The van der Waals surface area contributed by atoms with E-state index in [1.54, 1.807) is 9.80 Å². The van der Waals surface area contributed by atoms with Crippen molar-refractivity contribution in [1.29, 1.82) is 0 Å². The number of benzene rings is 2. The van der Waals surface area contributed by atoms with Gasteiger partial charge in [0.15, 0.2) is 6.61 Å². The van der Waals surface area contributed by atoms with Crippen molar-refractivity contribution in [3.05, 3.63) is 66.0 Å². The van der Waals surface area contributed by atoms with E-state index in [0.717, 1.165) is 5.56 Å². The Morgan fingerprint density at radius 1 is 0.889 bits per heavy atom. The largest absolute Gasteiger partial charge is 0.484 e. The second-order valence-corrected chi connectivity index (χ2v) is 6.15. The lowest BCUT2D eigenvalue weighted by Gasteiger charge is -2.34. The molecule has 1 aliphatic heterocycles. The molecular weight excluding hydrogens is 351 g/mol. The molecule has 2 aromatic carbocycles. The maximum atomic E-state index is 12.9. The Kier molecular flexibility index (Phi) is 6.25. The summed E-state index contributed by atoms with van der Waals surface area (Å²) in [5.74, 6) is -0.0894. The van der Waals surface area contributed by atoms with Gasteiger partial charge in [-0.2, -0.15) is 0 Å². The molecule has 2 aromatic rings. The molecule has 0 unspecified atom stereocenters. The van der Waals surface area contributed by atoms with Crippen LogP contribution in [0.15, 0.2) is 54.6 Å². The molecule has 6 nitrogen and oxygen atoms in total. The molecule has 1 saturated heterocycles. The molecule has 0 aromatic heterocycles. The summed E-state index contributed by atoms with van der Waals surface area (Å²) in [6.07, 6.45) is -0.381. The van der Waals surface area contributed by atoms with E-state index in [1.807, 2.05) is 30.3 Å². The summed E-state index contributed by atoms with van der Waals surface area (Å²) in [5, 5.41) is 0. The van der Waals surface area contributed by atoms with Gasteiger partial charge in [-0.05, 0) is 29.8 Å². The predicted octanol–water partition coefficient (Wildman–Crippen LogP) is 2.69. The van der Waals surface area contributed by atoms with Crippen molar-refractivity contribution in [1.82, 2.24) is 9.80 Å². The van der Waals surface area contributed by atoms with Crippen LogP contribution in [-0.2, 0) is 16.1 Å². The molecule has 0 bridgehead atoms. The smallest absolute Gasteiger partial charge is 0.410 e. The van der Waals surface area contributed by atoms with Crippen molar-refractivity contribution in [3.63, 3.8) is 0 Å². The second kappa shape index (κ2) is 9.02. The first-order valence-electron chi connectivity index (χ1n) is 8.73. The highest BCUT2D eigenvalue weighted by Crippen LogP contribution is 2.12. The fourth-order valence-electron chi connectivity index (χ4n) is 2.72. The van der Waals surface area contributed by atoms with Crippen molar-refractivity contribution < 1.29 is 23.5 Å². The molecule has 1 heterocycles. The average molecular weight is 372 g/mol. The number of carbonyl (C=O) groups excluding carboxylic acids is 2. The molecule has 0 radical (unpaired) electrons. The fourth-order valence-corrected chi connectivity index (χ4v) is 2.72. The Morgan fingerprint density at radius 2 is 1.52 bits per heavy atom. The summed E-state index contributed by atoms with van der Waals surface area (Å²) in [6.45, 7) is 1.78. The zero-order valence-corrected chi connectivity index (χ0v) is 14.8. The Balaban J connectivity index is 1.39.